The lowest BCUT2D eigenvalue weighted by Crippen LogP contribution is -2.41. The van der Waals surface area contributed by atoms with Crippen LogP contribution in [0.15, 0.2) is 5.16 Å². The summed E-state index contributed by atoms with van der Waals surface area (Å²) in [6, 6.07) is 0.0774. The third-order valence-electron chi connectivity index (χ3n) is 2.45. The molecule has 1 saturated heterocycles. The number of rotatable bonds is 3. The van der Waals surface area contributed by atoms with Gasteiger partial charge in [-0.3, -0.25) is 0 Å². The number of oxime groups is 1. The molecule has 1 aliphatic heterocycles. The zero-order chi connectivity index (χ0) is 12.9. The molecule has 0 unspecified atom stereocenters. The van der Waals surface area contributed by atoms with Crippen LogP contribution in [-0.4, -0.2) is 42.0 Å². The molecule has 1 rings (SSSR count). The average Bonchev–Trinajstić information content (AvgIpc) is 2.64. The van der Waals surface area contributed by atoms with E-state index in [-0.39, 0.29) is 12.1 Å². The van der Waals surface area contributed by atoms with Gasteiger partial charge in [0.15, 0.2) is 0 Å². The molecule has 0 spiro atoms. The summed E-state index contributed by atoms with van der Waals surface area (Å²) in [6.07, 6.45) is 3.26. The molecular weight excluding hydrogens is 220 g/mol. The number of hydrogen-bond acceptors (Lipinski definition) is 4. The maximum absolute atomic E-state index is 11.9. The first kappa shape index (κ1) is 13.8. The van der Waals surface area contributed by atoms with Gasteiger partial charge in [-0.1, -0.05) is 5.16 Å². The molecule has 0 radical (unpaired) electrons. The lowest BCUT2D eigenvalue weighted by molar-refractivity contribution is 0.0113. The predicted octanol–water partition coefficient (Wildman–Crippen LogP) is 2.41. The number of ether oxygens (including phenoxy) is 1. The lowest BCUT2D eigenvalue weighted by atomic mass is 10.2. The van der Waals surface area contributed by atoms with Gasteiger partial charge in [0.2, 0.25) is 0 Å². The number of amides is 1. The summed E-state index contributed by atoms with van der Waals surface area (Å²) in [6.45, 7) is 8.57. The fraction of sp³-hybridized carbons (Fsp3) is 0.833. The number of carbonyl (C=O) groups excluding carboxylic acids is 1. The van der Waals surface area contributed by atoms with Crippen molar-refractivity contribution in [3.63, 3.8) is 0 Å². The second-order valence-electron chi connectivity index (χ2n) is 5.13. The van der Waals surface area contributed by atoms with Crippen LogP contribution in [0.4, 0.5) is 4.79 Å². The highest BCUT2D eigenvalue weighted by Crippen LogP contribution is 2.20. The Morgan fingerprint density at radius 1 is 1.53 bits per heavy atom. The molecule has 0 aromatic rings. The van der Waals surface area contributed by atoms with Gasteiger partial charge in [0.05, 0.1) is 6.04 Å². The molecule has 1 aliphatic rings. The quantitative estimate of drug-likeness (QED) is 0.564. The van der Waals surface area contributed by atoms with Gasteiger partial charge < -0.3 is 14.5 Å². The van der Waals surface area contributed by atoms with Crippen LogP contribution in [0.5, 0.6) is 0 Å². The first-order valence-electron chi connectivity index (χ1n) is 6.03. The van der Waals surface area contributed by atoms with Crippen LogP contribution in [0.1, 0.15) is 40.5 Å². The Morgan fingerprint density at radius 3 is 2.82 bits per heavy atom. The van der Waals surface area contributed by atoms with Crippen molar-refractivity contribution >= 4 is 12.3 Å². The average molecular weight is 242 g/mol. The fourth-order valence-corrected chi connectivity index (χ4v) is 1.77. The van der Waals surface area contributed by atoms with Crippen molar-refractivity contribution in [2.24, 2.45) is 5.16 Å². The van der Waals surface area contributed by atoms with Crippen molar-refractivity contribution in [2.45, 2.75) is 52.2 Å². The monoisotopic (exact) mass is 242 g/mol. The zero-order valence-electron chi connectivity index (χ0n) is 11.1. The van der Waals surface area contributed by atoms with Gasteiger partial charge in [0.1, 0.15) is 12.2 Å². The lowest BCUT2D eigenvalue weighted by Gasteiger charge is -2.27. The van der Waals surface area contributed by atoms with E-state index in [2.05, 4.69) is 5.16 Å². The summed E-state index contributed by atoms with van der Waals surface area (Å²) in [5.41, 5.74) is -0.452. The molecule has 17 heavy (non-hydrogen) atoms. The minimum atomic E-state index is -0.452. The van der Waals surface area contributed by atoms with Crippen LogP contribution in [0, 0.1) is 0 Å². The van der Waals surface area contributed by atoms with E-state index >= 15 is 0 Å². The Morgan fingerprint density at radius 2 is 2.24 bits per heavy atom. The Balaban J connectivity index is 2.48. The molecule has 0 aromatic carbocycles. The summed E-state index contributed by atoms with van der Waals surface area (Å²) in [5.74, 6) is 0. The predicted molar refractivity (Wildman–Crippen MR) is 66.1 cm³/mol. The number of hydrogen-bond donors (Lipinski definition) is 0. The second kappa shape index (κ2) is 5.89. The Labute approximate surface area is 103 Å². The van der Waals surface area contributed by atoms with Crippen molar-refractivity contribution in [2.75, 3.05) is 13.2 Å². The van der Waals surface area contributed by atoms with Gasteiger partial charge in [0, 0.05) is 12.8 Å². The third-order valence-corrected chi connectivity index (χ3v) is 2.45. The molecule has 1 amide bonds. The Hall–Kier alpha value is -1.26. The minimum Gasteiger partial charge on any atom is -0.444 e. The summed E-state index contributed by atoms with van der Waals surface area (Å²) >= 11 is 0. The maximum atomic E-state index is 11.9. The van der Waals surface area contributed by atoms with E-state index in [4.69, 9.17) is 9.57 Å². The smallest absolute Gasteiger partial charge is 0.410 e. The van der Waals surface area contributed by atoms with Gasteiger partial charge in [0.25, 0.3) is 0 Å². The second-order valence-corrected chi connectivity index (χ2v) is 5.13. The molecule has 0 saturated carbocycles. The van der Waals surface area contributed by atoms with E-state index in [1.807, 2.05) is 20.8 Å². The first-order chi connectivity index (χ1) is 7.94. The number of likely N-dealkylation sites (tertiary alicyclic amines) is 1. The van der Waals surface area contributed by atoms with Gasteiger partial charge in [-0.05, 0) is 40.5 Å². The van der Waals surface area contributed by atoms with Gasteiger partial charge in [-0.25, -0.2) is 4.79 Å². The summed E-state index contributed by atoms with van der Waals surface area (Å²) in [7, 11) is 0. The van der Waals surface area contributed by atoms with Gasteiger partial charge in [-0.15, -0.1) is 0 Å². The van der Waals surface area contributed by atoms with E-state index < -0.39 is 5.60 Å². The van der Waals surface area contributed by atoms with Gasteiger partial charge in [-0.2, -0.15) is 0 Å². The first-order valence-corrected chi connectivity index (χ1v) is 6.03. The van der Waals surface area contributed by atoms with Gasteiger partial charge >= 0.3 is 6.09 Å². The van der Waals surface area contributed by atoms with Crippen molar-refractivity contribution in [1.82, 2.24) is 4.90 Å². The molecule has 0 N–H and O–H groups in total. The molecule has 5 nitrogen and oxygen atoms in total. The molecule has 98 valence electrons. The molecule has 0 bridgehead atoms. The molecule has 5 heteroatoms. The SMILES string of the molecule is C/C=N/OC[C@@H]1CCCN1C(=O)OC(C)(C)C. The fourth-order valence-electron chi connectivity index (χ4n) is 1.77. The molecule has 0 aromatic heterocycles. The van der Waals surface area contributed by atoms with Crippen LogP contribution in [-0.2, 0) is 9.57 Å². The largest absolute Gasteiger partial charge is 0.444 e. The Kier molecular flexibility index (Phi) is 4.78. The summed E-state index contributed by atoms with van der Waals surface area (Å²) in [5, 5.41) is 3.70. The summed E-state index contributed by atoms with van der Waals surface area (Å²) in [4.78, 5) is 18.7. The van der Waals surface area contributed by atoms with Crippen LogP contribution < -0.4 is 0 Å². The van der Waals surface area contributed by atoms with Crippen molar-refractivity contribution in [1.29, 1.82) is 0 Å². The molecule has 1 atom stereocenters. The minimum absolute atomic E-state index is 0.0774. The van der Waals surface area contributed by atoms with E-state index in [9.17, 15) is 4.79 Å². The molecule has 0 aliphatic carbocycles. The van der Waals surface area contributed by atoms with Crippen LogP contribution in [0.25, 0.3) is 0 Å². The highest BCUT2D eigenvalue weighted by atomic mass is 16.6. The maximum Gasteiger partial charge on any atom is 0.410 e. The highest BCUT2D eigenvalue weighted by molar-refractivity contribution is 5.68. The topological polar surface area (TPSA) is 51.1 Å². The van der Waals surface area contributed by atoms with Crippen LogP contribution in [0.2, 0.25) is 0 Å². The van der Waals surface area contributed by atoms with E-state index in [0.29, 0.717) is 6.61 Å². The normalized spacial score (nSPS) is 20.9. The molecular formula is C12H22N2O3. The number of nitrogens with zero attached hydrogens (tertiary/aromatic N) is 2. The van der Waals surface area contributed by atoms with Crippen LogP contribution in [0.3, 0.4) is 0 Å². The van der Waals surface area contributed by atoms with Crippen molar-refractivity contribution < 1.29 is 14.4 Å². The number of carbonyl (C=O) groups is 1. The third kappa shape index (κ3) is 4.63. The standard InChI is InChI=1S/C12H22N2O3/c1-5-13-16-9-10-7-6-8-14(10)11(15)17-12(2,3)4/h5,10H,6-9H2,1-4H3/b13-5+/t10-/m0/s1. The highest BCUT2D eigenvalue weighted by Gasteiger charge is 2.32. The van der Waals surface area contributed by atoms with E-state index in [0.717, 1.165) is 19.4 Å². The van der Waals surface area contributed by atoms with E-state index in [1.165, 1.54) is 0 Å². The van der Waals surface area contributed by atoms with Crippen molar-refractivity contribution in [3.8, 4) is 0 Å². The molecule has 1 heterocycles. The van der Waals surface area contributed by atoms with Crippen molar-refractivity contribution in [3.05, 3.63) is 0 Å². The zero-order valence-corrected chi connectivity index (χ0v) is 11.1. The van der Waals surface area contributed by atoms with Crippen LogP contribution >= 0.6 is 0 Å². The molecule has 1 fully saturated rings. The summed E-state index contributed by atoms with van der Waals surface area (Å²) < 4.78 is 5.35. The Bertz CT molecular complexity index is 284. The van der Waals surface area contributed by atoms with E-state index in [1.54, 1.807) is 18.0 Å².